The summed E-state index contributed by atoms with van der Waals surface area (Å²) in [4.78, 5) is 10.9. The number of nitrogens with zero attached hydrogens (tertiary/aromatic N) is 2. The Morgan fingerprint density at radius 3 is 2.44 bits per heavy atom. The van der Waals surface area contributed by atoms with Crippen LogP contribution in [-0.2, 0) is 11.3 Å². The van der Waals surface area contributed by atoms with Gasteiger partial charge in [0.1, 0.15) is 5.78 Å². The minimum atomic E-state index is 0.148. The molecule has 0 unspecified atom stereocenters. The molecule has 86 valence electrons. The van der Waals surface area contributed by atoms with Crippen LogP contribution < -0.4 is 0 Å². The van der Waals surface area contributed by atoms with Crippen molar-refractivity contribution in [3.05, 3.63) is 35.9 Å². The van der Waals surface area contributed by atoms with Crippen molar-refractivity contribution >= 4 is 11.5 Å². The van der Waals surface area contributed by atoms with Gasteiger partial charge in [-0.25, -0.2) is 0 Å². The fourth-order valence-corrected chi connectivity index (χ4v) is 1.57. The normalized spacial score (nSPS) is 11.3. The molecule has 16 heavy (non-hydrogen) atoms. The van der Waals surface area contributed by atoms with Gasteiger partial charge in [-0.3, -0.25) is 9.80 Å². The first-order chi connectivity index (χ1) is 7.58. The number of ketones is 1. The Labute approximate surface area is 96.8 Å². The highest BCUT2D eigenvalue weighted by Gasteiger charge is 2.00. The SMILES string of the molecule is CC(=O)C/C(C)=N/N(C)Cc1ccccc1. The Hall–Kier alpha value is -1.64. The van der Waals surface area contributed by atoms with E-state index in [0.29, 0.717) is 6.42 Å². The molecule has 1 aromatic carbocycles. The molecule has 1 rings (SSSR count). The van der Waals surface area contributed by atoms with Gasteiger partial charge < -0.3 is 0 Å². The van der Waals surface area contributed by atoms with Gasteiger partial charge in [0, 0.05) is 19.2 Å². The zero-order valence-electron chi connectivity index (χ0n) is 10.1. The molecule has 0 fully saturated rings. The highest BCUT2D eigenvalue weighted by atomic mass is 16.1. The maximum atomic E-state index is 10.9. The molecule has 0 spiro atoms. The number of carbonyl (C=O) groups excluding carboxylic acids is 1. The summed E-state index contributed by atoms with van der Waals surface area (Å²) in [6, 6.07) is 10.1. The maximum absolute atomic E-state index is 10.9. The van der Waals surface area contributed by atoms with Crippen LogP contribution in [0, 0.1) is 0 Å². The number of carbonyl (C=O) groups is 1. The zero-order valence-corrected chi connectivity index (χ0v) is 10.1. The van der Waals surface area contributed by atoms with Crippen LogP contribution in [0.2, 0.25) is 0 Å². The lowest BCUT2D eigenvalue weighted by Gasteiger charge is -2.14. The lowest BCUT2D eigenvalue weighted by molar-refractivity contribution is -0.115. The third-order valence-corrected chi connectivity index (χ3v) is 2.10. The smallest absolute Gasteiger partial charge is 0.135 e. The molecule has 0 amide bonds. The molecule has 3 nitrogen and oxygen atoms in total. The van der Waals surface area contributed by atoms with Crippen LogP contribution in [0.1, 0.15) is 25.8 Å². The topological polar surface area (TPSA) is 32.7 Å². The maximum Gasteiger partial charge on any atom is 0.135 e. The van der Waals surface area contributed by atoms with E-state index < -0.39 is 0 Å². The van der Waals surface area contributed by atoms with Gasteiger partial charge in [0.05, 0.1) is 6.54 Å². The largest absolute Gasteiger partial charge is 0.300 e. The number of rotatable bonds is 5. The summed E-state index contributed by atoms with van der Waals surface area (Å²) in [5.74, 6) is 0.148. The summed E-state index contributed by atoms with van der Waals surface area (Å²) in [6.45, 7) is 4.22. The third kappa shape index (κ3) is 4.73. The van der Waals surface area contributed by atoms with Crippen LogP contribution in [0.3, 0.4) is 0 Å². The Balaban J connectivity index is 2.53. The van der Waals surface area contributed by atoms with Crippen molar-refractivity contribution in [1.82, 2.24) is 5.01 Å². The zero-order chi connectivity index (χ0) is 12.0. The Morgan fingerprint density at radius 1 is 1.25 bits per heavy atom. The summed E-state index contributed by atoms with van der Waals surface area (Å²) in [6.07, 6.45) is 0.430. The van der Waals surface area contributed by atoms with E-state index in [-0.39, 0.29) is 5.78 Å². The van der Waals surface area contributed by atoms with Crippen LogP contribution in [0.4, 0.5) is 0 Å². The standard InChI is InChI=1S/C13H18N2O/c1-11(9-12(2)16)14-15(3)10-13-7-5-4-6-8-13/h4-8H,9-10H2,1-3H3/b14-11+. The van der Waals surface area contributed by atoms with Gasteiger partial charge in [0.25, 0.3) is 0 Å². The fraction of sp³-hybridized carbons (Fsp3) is 0.385. The van der Waals surface area contributed by atoms with Gasteiger partial charge >= 0.3 is 0 Å². The van der Waals surface area contributed by atoms with Crippen molar-refractivity contribution < 1.29 is 4.79 Å². The second-order valence-corrected chi connectivity index (χ2v) is 4.02. The van der Waals surface area contributed by atoms with Gasteiger partial charge in [-0.2, -0.15) is 5.10 Å². The molecule has 0 aliphatic rings. The Kier molecular flexibility index (Phi) is 4.70. The molecule has 0 aliphatic carbocycles. The summed E-state index contributed by atoms with van der Waals surface area (Å²) in [7, 11) is 1.91. The highest BCUT2D eigenvalue weighted by Crippen LogP contribution is 2.03. The molecule has 0 saturated heterocycles. The molecule has 0 aliphatic heterocycles. The Bertz CT molecular complexity index is 371. The number of hydrogen-bond acceptors (Lipinski definition) is 3. The summed E-state index contributed by atoms with van der Waals surface area (Å²) in [5, 5.41) is 6.20. The van der Waals surface area contributed by atoms with E-state index in [9.17, 15) is 4.79 Å². The van der Waals surface area contributed by atoms with Crippen LogP contribution in [0.25, 0.3) is 0 Å². The molecule has 0 N–H and O–H groups in total. The fourth-order valence-electron chi connectivity index (χ4n) is 1.57. The summed E-state index contributed by atoms with van der Waals surface area (Å²) >= 11 is 0. The average Bonchev–Trinajstić information content (AvgIpc) is 2.17. The second-order valence-electron chi connectivity index (χ2n) is 4.02. The number of hydrogen-bond donors (Lipinski definition) is 0. The number of Topliss-reactive ketones (excluding diaryl/α,β-unsaturated/α-hetero) is 1. The molecular weight excluding hydrogens is 200 g/mol. The van der Waals surface area contributed by atoms with Gasteiger partial charge in [0.2, 0.25) is 0 Å². The summed E-state index contributed by atoms with van der Waals surface area (Å²) in [5.41, 5.74) is 2.07. The van der Waals surface area contributed by atoms with Crippen LogP contribution in [-0.4, -0.2) is 23.6 Å². The van der Waals surface area contributed by atoms with Crippen molar-refractivity contribution in [3.8, 4) is 0 Å². The number of benzene rings is 1. The molecule has 3 heteroatoms. The van der Waals surface area contributed by atoms with E-state index in [4.69, 9.17) is 0 Å². The number of hydrazone groups is 1. The van der Waals surface area contributed by atoms with E-state index in [1.807, 2.05) is 37.2 Å². The van der Waals surface area contributed by atoms with Crippen molar-refractivity contribution in [1.29, 1.82) is 0 Å². The first kappa shape index (κ1) is 12.4. The van der Waals surface area contributed by atoms with Crippen molar-refractivity contribution in [2.24, 2.45) is 5.10 Å². The molecule has 0 aromatic heterocycles. The highest BCUT2D eigenvalue weighted by molar-refractivity contribution is 5.99. The molecule has 0 saturated carbocycles. The predicted octanol–water partition coefficient (Wildman–Crippen LogP) is 2.47. The van der Waals surface area contributed by atoms with E-state index in [1.165, 1.54) is 5.56 Å². The first-order valence-corrected chi connectivity index (χ1v) is 5.36. The van der Waals surface area contributed by atoms with E-state index in [1.54, 1.807) is 6.92 Å². The van der Waals surface area contributed by atoms with Crippen LogP contribution in [0.5, 0.6) is 0 Å². The van der Waals surface area contributed by atoms with Crippen LogP contribution in [0.15, 0.2) is 35.4 Å². The van der Waals surface area contributed by atoms with Gasteiger partial charge in [-0.15, -0.1) is 0 Å². The van der Waals surface area contributed by atoms with Crippen molar-refractivity contribution in [2.45, 2.75) is 26.8 Å². The minimum absolute atomic E-state index is 0.148. The van der Waals surface area contributed by atoms with E-state index >= 15 is 0 Å². The van der Waals surface area contributed by atoms with E-state index in [2.05, 4.69) is 17.2 Å². The van der Waals surface area contributed by atoms with Gasteiger partial charge in [-0.05, 0) is 19.4 Å². The minimum Gasteiger partial charge on any atom is -0.300 e. The molecule has 0 atom stereocenters. The molecule has 0 bridgehead atoms. The lowest BCUT2D eigenvalue weighted by Crippen LogP contribution is -2.14. The quantitative estimate of drug-likeness (QED) is 0.562. The van der Waals surface area contributed by atoms with Crippen LogP contribution >= 0.6 is 0 Å². The van der Waals surface area contributed by atoms with Gasteiger partial charge in [0.15, 0.2) is 0 Å². The third-order valence-electron chi connectivity index (χ3n) is 2.10. The molecule has 0 heterocycles. The van der Waals surface area contributed by atoms with Gasteiger partial charge in [-0.1, -0.05) is 30.3 Å². The first-order valence-electron chi connectivity index (χ1n) is 5.36. The summed E-state index contributed by atoms with van der Waals surface area (Å²) < 4.78 is 0. The van der Waals surface area contributed by atoms with E-state index in [0.717, 1.165) is 12.3 Å². The molecule has 0 radical (unpaired) electrons. The Morgan fingerprint density at radius 2 is 1.88 bits per heavy atom. The molecule has 1 aromatic rings. The second kappa shape index (κ2) is 6.05. The average molecular weight is 218 g/mol. The monoisotopic (exact) mass is 218 g/mol. The lowest BCUT2D eigenvalue weighted by atomic mass is 10.2. The molecular formula is C13H18N2O. The van der Waals surface area contributed by atoms with Crippen molar-refractivity contribution in [2.75, 3.05) is 7.05 Å². The van der Waals surface area contributed by atoms with Crippen molar-refractivity contribution in [3.63, 3.8) is 0 Å². The predicted molar refractivity (Wildman–Crippen MR) is 66.3 cm³/mol.